The van der Waals surface area contributed by atoms with Crippen molar-refractivity contribution in [3.63, 3.8) is 0 Å². The predicted octanol–water partition coefficient (Wildman–Crippen LogP) is 13.2. The molecule has 1 nitrogen and oxygen atoms in total. The molecule has 279 valence electrons. The van der Waals surface area contributed by atoms with E-state index >= 15 is 0 Å². The molecule has 2 aromatic carbocycles. The minimum Gasteiger partial charge on any atom is -0.456 e. The van der Waals surface area contributed by atoms with Crippen molar-refractivity contribution in [1.29, 1.82) is 0 Å². The van der Waals surface area contributed by atoms with Crippen LogP contribution in [0.2, 0.25) is 0 Å². The van der Waals surface area contributed by atoms with E-state index in [9.17, 15) is 0 Å². The summed E-state index contributed by atoms with van der Waals surface area (Å²) >= 11 is 0. The van der Waals surface area contributed by atoms with Crippen LogP contribution in [0.1, 0.15) is 176 Å². The smallest absolute Gasteiger partial charge is 0.139 e. The first-order valence-corrected chi connectivity index (χ1v) is 23.8. The zero-order chi connectivity index (χ0) is 34.3. The van der Waals surface area contributed by atoms with E-state index in [2.05, 4.69) is 47.5 Å². The summed E-state index contributed by atoms with van der Waals surface area (Å²) < 4.78 is 7.63. The third-order valence-corrected chi connectivity index (χ3v) is 20.5. The predicted molar refractivity (Wildman–Crippen MR) is 211 cm³/mol. The van der Waals surface area contributed by atoms with Gasteiger partial charge in [-0.2, -0.15) is 0 Å². The summed E-state index contributed by atoms with van der Waals surface area (Å²) in [6.45, 7) is 0. The lowest BCUT2D eigenvalue weighted by molar-refractivity contribution is -0.0293. The van der Waals surface area contributed by atoms with E-state index < -0.39 is 0 Å². The van der Waals surface area contributed by atoms with Crippen molar-refractivity contribution in [2.75, 3.05) is 0 Å². The molecule has 16 saturated carbocycles. The van der Waals surface area contributed by atoms with Gasteiger partial charge in [0, 0.05) is 17.0 Å². The first kappa shape index (κ1) is 31.3. The molecule has 16 bridgehead atoms. The average Bonchev–Trinajstić information content (AvgIpc) is 3.09. The summed E-state index contributed by atoms with van der Waals surface area (Å²) in [4.78, 5) is 0. The first-order chi connectivity index (χ1) is 25.9. The topological polar surface area (TPSA) is 9.23 Å². The second-order valence-electron chi connectivity index (χ2n) is 24.2. The molecular weight excluding hydrogens is 641 g/mol. The van der Waals surface area contributed by atoms with Crippen LogP contribution in [0, 0.1) is 77.1 Å². The Labute approximate surface area is 320 Å². The van der Waals surface area contributed by atoms with Crippen LogP contribution in [0.25, 0.3) is 0 Å². The van der Waals surface area contributed by atoms with Gasteiger partial charge in [0.05, 0.1) is 0 Å². The molecule has 0 heterocycles. The Morgan fingerprint density at radius 3 is 1.02 bits per heavy atom. The Bertz CT molecular complexity index is 1700. The molecule has 1 heteroatoms. The maximum Gasteiger partial charge on any atom is 0.139 e. The Hall–Kier alpha value is -1.76. The minimum absolute atomic E-state index is 0.311. The highest BCUT2D eigenvalue weighted by Crippen LogP contribution is 2.73. The second-order valence-corrected chi connectivity index (χ2v) is 24.2. The molecule has 0 aliphatic heterocycles. The van der Waals surface area contributed by atoms with Crippen LogP contribution < -0.4 is 4.74 Å². The van der Waals surface area contributed by atoms with Crippen LogP contribution in [0.4, 0.5) is 0 Å². The third-order valence-electron chi connectivity index (χ3n) is 20.5. The largest absolute Gasteiger partial charge is 0.456 e. The summed E-state index contributed by atoms with van der Waals surface area (Å²) in [5, 5.41) is 0. The van der Waals surface area contributed by atoms with Gasteiger partial charge in [0.25, 0.3) is 0 Å². The van der Waals surface area contributed by atoms with Gasteiger partial charge in [0.15, 0.2) is 0 Å². The summed E-state index contributed by atoms with van der Waals surface area (Å²) in [5.74, 6) is 13.9. The molecule has 0 aromatic heterocycles. The molecule has 0 atom stereocenters. The van der Waals surface area contributed by atoms with Crippen molar-refractivity contribution in [3.8, 4) is 11.5 Å². The number of rotatable bonds is 6. The van der Waals surface area contributed by atoms with Crippen molar-refractivity contribution >= 4 is 0 Å². The lowest BCUT2D eigenvalue weighted by atomic mass is 9.39. The molecule has 0 amide bonds. The van der Waals surface area contributed by atoms with Gasteiger partial charge in [-0.3, -0.25) is 0 Å². The molecule has 53 heavy (non-hydrogen) atoms. The van der Waals surface area contributed by atoms with Crippen LogP contribution in [-0.4, -0.2) is 0 Å². The SMILES string of the molecule is [c]1c(Oc2ccccc2)c(C23CC4CC(CC(C4)C2)C3)c(C23CC4CC(CC(C4)C2)C3)c(C23CC4CC(CC(C4)C2)C3)c1C12CC3CC(CC(C3)C1)C2. The van der Waals surface area contributed by atoms with Gasteiger partial charge in [-0.15, -0.1) is 0 Å². The van der Waals surface area contributed by atoms with Crippen molar-refractivity contribution in [2.45, 2.75) is 176 Å². The number of benzene rings is 2. The van der Waals surface area contributed by atoms with Gasteiger partial charge >= 0.3 is 0 Å². The van der Waals surface area contributed by atoms with Gasteiger partial charge < -0.3 is 4.74 Å². The molecule has 16 aliphatic rings. The summed E-state index contributed by atoms with van der Waals surface area (Å²) in [5.41, 5.74) is 9.22. The van der Waals surface area contributed by atoms with Gasteiger partial charge in [0.1, 0.15) is 11.5 Å². The van der Waals surface area contributed by atoms with E-state index in [4.69, 9.17) is 4.74 Å². The maximum absolute atomic E-state index is 7.63. The molecule has 16 fully saturated rings. The highest BCUT2D eigenvalue weighted by molar-refractivity contribution is 5.63. The van der Waals surface area contributed by atoms with Crippen LogP contribution >= 0.6 is 0 Å². The van der Waals surface area contributed by atoms with Gasteiger partial charge in [-0.1, -0.05) is 18.2 Å². The number of para-hydroxylation sites is 1. The number of hydrogen-bond acceptors (Lipinski definition) is 1. The van der Waals surface area contributed by atoms with Crippen molar-refractivity contribution in [1.82, 2.24) is 0 Å². The number of ether oxygens (including phenoxy) is 1. The standard InChI is InChI=1S/C52H65O/c1-2-4-43(5-3-1)53-45-18-44(49-19-31-6-32(20-49)8-33(7-31)21-49)46(50-22-34-9-35(23-50)11-36(10-34)24-50)48(52-28-40-15-41(29-52)17-42(16-40)30-52)47(45)51-25-37-12-38(26-51)14-39(13-37)27-51/h1-5,31-42H,6-17,19-30H2. The first-order valence-electron chi connectivity index (χ1n) is 23.8. The Morgan fingerprint density at radius 2 is 0.660 bits per heavy atom. The summed E-state index contributed by atoms with van der Waals surface area (Å²) in [6.07, 6.45) is 36.3. The Kier molecular flexibility index (Phi) is 6.26. The van der Waals surface area contributed by atoms with Gasteiger partial charge in [-0.05, 0) is 270 Å². The normalized spacial score (nSPS) is 52.9. The average molecular weight is 706 g/mol. The monoisotopic (exact) mass is 706 g/mol. The molecule has 0 spiro atoms. The second kappa shape index (κ2) is 10.6. The van der Waals surface area contributed by atoms with Crippen LogP contribution in [0.5, 0.6) is 11.5 Å². The molecule has 0 saturated heterocycles. The van der Waals surface area contributed by atoms with E-state index in [1.54, 1.807) is 38.5 Å². The molecular formula is C52H65O. The van der Waals surface area contributed by atoms with Crippen LogP contribution in [0.15, 0.2) is 30.3 Å². The van der Waals surface area contributed by atoms with Crippen molar-refractivity contribution < 1.29 is 4.74 Å². The Balaban J connectivity index is 1.10. The minimum atomic E-state index is 0.311. The fourth-order valence-electron chi connectivity index (χ4n) is 20.9. The van der Waals surface area contributed by atoms with E-state index in [1.807, 2.05) is 11.1 Å². The molecule has 2 aromatic rings. The van der Waals surface area contributed by atoms with Crippen molar-refractivity contribution in [3.05, 3.63) is 58.7 Å². The zero-order valence-corrected chi connectivity index (χ0v) is 32.7. The fraction of sp³-hybridized carbons (Fsp3) is 0.769. The van der Waals surface area contributed by atoms with E-state index in [0.29, 0.717) is 21.7 Å². The number of hydrogen-bond donors (Lipinski definition) is 0. The van der Waals surface area contributed by atoms with Crippen LogP contribution in [-0.2, 0) is 21.7 Å². The lowest BCUT2D eigenvalue weighted by Gasteiger charge is -2.65. The molecule has 1 radical (unpaired) electrons. The van der Waals surface area contributed by atoms with E-state index in [-0.39, 0.29) is 0 Å². The van der Waals surface area contributed by atoms with Crippen molar-refractivity contribution in [2.24, 2.45) is 71.0 Å². The Morgan fingerprint density at radius 1 is 0.358 bits per heavy atom. The molecule has 18 rings (SSSR count). The maximum atomic E-state index is 7.63. The highest BCUT2D eigenvalue weighted by Gasteiger charge is 2.63. The molecule has 0 unspecified atom stereocenters. The molecule has 16 aliphatic carbocycles. The summed E-state index contributed by atoms with van der Waals surface area (Å²) in [7, 11) is 0. The fourth-order valence-corrected chi connectivity index (χ4v) is 20.9. The van der Waals surface area contributed by atoms with E-state index in [1.165, 1.54) is 121 Å². The van der Waals surface area contributed by atoms with Crippen LogP contribution in [0.3, 0.4) is 0 Å². The lowest BCUT2D eigenvalue weighted by Crippen LogP contribution is -2.56. The summed E-state index contributed by atoms with van der Waals surface area (Å²) in [6, 6.07) is 15.9. The molecule has 0 N–H and O–H groups in total. The van der Waals surface area contributed by atoms with E-state index in [0.717, 1.165) is 76.8 Å². The quantitative estimate of drug-likeness (QED) is 0.291. The van der Waals surface area contributed by atoms with Gasteiger partial charge in [0.2, 0.25) is 0 Å². The highest BCUT2D eigenvalue weighted by atomic mass is 16.5. The zero-order valence-electron chi connectivity index (χ0n) is 32.7. The van der Waals surface area contributed by atoms with Gasteiger partial charge in [-0.25, -0.2) is 0 Å². The third kappa shape index (κ3) is 4.44.